The maximum Gasteiger partial charge on any atom is 0.410 e. The monoisotopic (exact) mass is 1190 g/mol. The van der Waals surface area contributed by atoms with Gasteiger partial charge in [0.05, 0.1) is 7.11 Å². The molecule has 5 aliphatic rings. The normalized spacial score (nSPS) is 18.2. The average Bonchev–Trinajstić information content (AvgIpc) is 1.37. The van der Waals surface area contributed by atoms with Crippen LogP contribution in [-0.2, 0) is 26.4 Å². The van der Waals surface area contributed by atoms with Gasteiger partial charge in [-0.3, -0.25) is 0 Å². The van der Waals surface area contributed by atoms with Crippen molar-refractivity contribution in [1.29, 1.82) is 0 Å². The summed E-state index contributed by atoms with van der Waals surface area (Å²) in [5.41, 5.74) is 28.6. The number of urea groups is 3. The molecule has 0 bridgehead atoms. The molecule has 7 amide bonds. The molecule has 19 heteroatoms. The molecule has 0 saturated carbocycles. The number of benzene rings is 4. The number of para-hydroxylation sites is 1. The van der Waals surface area contributed by atoms with E-state index in [0.717, 1.165) is 87.3 Å². The first kappa shape index (κ1) is 68.3. The largest absolute Gasteiger partial charge is 0.496 e. The molecule has 5 heterocycles. The molecule has 11 N–H and O–H groups in total. The van der Waals surface area contributed by atoms with Crippen molar-refractivity contribution in [2.45, 2.75) is 159 Å². The number of rotatable bonds is 12. The number of nitrogens with one attached hydrogen (secondary N) is 3. The Morgan fingerprint density at radius 2 is 0.826 bits per heavy atom. The Kier molecular flexibility index (Phi) is 24.8. The smallest absolute Gasteiger partial charge is 0.410 e. The lowest BCUT2D eigenvalue weighted by atomic mass is 9.72. The minimum Gasteiger partial charge on any atom is -0.496 e. The van der Waals surface area contributed by atoms with E-state index in [9.17, 15) is 19.2 Å². The first-order chi connectivity index (χ1) is 41.0. The van der Waals surface area contributed by atoms with Gasteiger partial charge in [-0.25, -0.2) is 19.2 Å². The van der Waals surface area contributed by atoms with E-state index in [1.165, 1.54) is 16.7 Å². The summed E-state index contributed by atoms with van der Waals surface area (Å²) in [4.78, 5) is 55.9. The second kappa shape index (κ2) is 31.2. The van der Waals surface area contributed by atoms with Crippen molar-refractivity contribution in [2.24, 2.45) is 22.9 Å². The first-order valence-electron chi connectivity index (χ1n) is 31.1. The summed E-state index contributed by atoms with van der Waals surface area (Å²) in [7, 11) is 1.69. The molecule has 86 heavy (non-hydrogen) atoms. The molecule has 0 aliphatic carbocycles. The van der Waals surface area contributed by atoms with Crippen molar-refractivity contribution in [2.75, 3.05) is 92.4 Å². The molecule has 9 rings (SSSR count). The van der Waals surface area contributed by atoms with Crippen LogP contribution in [0.25, 0.3) is 0 Å². The van der Waals surface area contributed by atoms with Crippen molar-refractivity contribution in [3.8, 4) is 17.2 Å². The van der Waals surface area contributed by atoms with Crippen molar-refractivity contribution in [1.82, 2.24) is 35.6 Å². The number of methoxy groups -OCH3 is 1. The van der Waals surface area contributed by atoms with E-state index in [4.69, 9.17) is 41.9 Å². The Labute approximate surface area is 512 Å². The summed E-state index contributed by atoms with van der Waals surface area (Å²) in [6.07, 6.45) is 6.83. The van der Waals surface area contributed by atoms with Crippen molar-refractivity contribution >= 4 is 24.2 Å². The highest BCUT2D eigenvalue weighted by atomic mass is 16.7. The van der Waals surface area contributed by atoms with Crippen LogP contribution in [0, 0.1) is 0 Å². The van der Waals surface area contributed by atoms with Gasteiger partial charge < -0.3 is 77.4 Å². The molecular weight excluding hydrogens is 1090 g/mol. The molecule has 5 aliphatic heterocycles. The highest BCUT2D eigenvalue weighted by molar-refractivity contribution is 5.75. The van der Waals surface area contributed by atoms with Crippen LogP contribution in [-0.4, -0.2) is 160 Å². The van der Waals surface area contributed by atoms with Gasteiger partial charge in [-0.15, -0.1) is 0 Å². The van der Waals surface area contributed by atoms with Gasteiger partial charge >= 0.3 is 24.2 Å². The summed E-state index contributed by atoms with van der Waals surface area (Å²) in [5, 5.41) is 8.86. The van der Waals surface area contributed by atoms with Crippen LogP contribution in [0.1, 0.15) is 136 Å². The summed E-state index contributed by atoms with van der Waals surface area (Å²) < 4.78 is 21.8. The van der Waals surface area contributed by atoms with Crippen LogP contribution in [0.15, 0.2) is 103 Å². The molecule has 0 radical (unpaired) electrons. The van der Waals surface area contributed by atoms with E-state index < -0.39 is 5.60 Å². The first-order valence-corrected chi connectivity index (χ1v) is 31.1. The van der Waals surface area contributed by atoms with Crippen LogP contribution in [0.4, 0.5) is 19.2 Å². The SMILES string of the molecule is CC(C)(C)OC(=O)N1CCC(CN)(c2ccccc2)CC1.CC(C)NC(=O)N1CCC(CN)(c2ccc3c(c2)OCO3)CC1.CC(C)NC(=O)N1CCC(CN)(c2ccccc2)CC1.COc1ccccc1C1(CN)CCN(C(=O)NC(C)C)CC1. The fourth-order valence-corrected chi connectivity index (χ4v) is 12.2. The lowest BCUT2D eigenvalue weighted by Crippen LogP contribution is -2.52. The number of carbonyl (C=O) groups excluding carboxylic acids is 4. The zero-order valence-electron chi connectivity index (χ0n) is 53.3. The molecule has 0 spiro atoms. The number of amides is 7. The molecule has 474 valence electrons. The predicted molar refractivity (Wildman–Crippen MR) is 342 cm³/mol. The van der Waals surface area contributed by atoms with E-state index in [-0.39, 0.29) is 70.8 Å². The number of ether oxygens (including phenoxy) is 4. The van der Waals surface area contributed by atoms with Gasteiger partial charge in [0, 0.05) is 124 Å². The lowest BCUT2D eigenvalue weighted by Gasteiger charge is -2.42. The molecule has 4 fully saturated rings. The molecule has 19 nitrogen and oxygen atoms in total. The van der Waals surface area contributed by atoms with Crippen LogP contribution in [0.2, 0.25) is 0 Å². The number of nitrogens with two attached hydrogens (primary N) is 4. The fourth-order valence-electron chi connectivity index (χ4n) is 12.2. The number of nitrogens with zero attached hydrogens (tertiary/aromatic N) is 4. The van der Waals surface area contributed by atoms with Crippen molar-refractivity contribution < 1.29 is 38.1 Å². The van der Waals surface area contributed by atoms with Crippen LogP contribution < -0.4 is 53.1 Å². The zero-order valence-corrected chi connectivity index (χ0v) is 53.3. The number of piperidine rings is 4. The van der Waals surface area contributed by atoms with E-state index >= 15 is 0 Å². The fraction of sp³-hybridized carbons (Fsp3) is 0.582. The Bertz CT molecular complexity index is 2740. The molecule has 0 unspecified atom stereocenters. The number of carbonyl (C=O) groups is 4. The lowest BCUT2D eigenvalue weighted by molar-refractivity contribution is 0.0167. The number of hydrogen-bond acceptors (Lipinski definition) is 12. The predicted octanol–water partition coefficient (Wildman–Crippen LogP) is 8.94. The van der Waals surface area contributed by atoms with Gasteiger partial charge in [0.25, 0.3) is 0 Å². The van der Waals surface area contributed by atoms with Gasteiger partial charge in [-0.05, 0) is 149 Å². The van der Waals surface area contributed by atoms with Crippen LogP contribution in [0.3, 0.4) is 0 Å². The summed E-state index contributed by atoms with van der Waals surface area (Å²) >= 11 is 0. The summed E-state index contributed by atoms with van der Waals surface area (Å²) in [6, 6.07) is 35.5. The molecular formula is C67H103N11O8. The topological polar surface area (TPSA) is 258 Å². The highest BCUT2D eigenvalue weighted by Crippen LogP contribution is 2.42. The van der Waals surface area contributed by atoms with Gasteiger partial charge in [0.15, 0.2) is 11.5 Å². The van der Waals surface area contributed by atoms with E-state index in [1.807, 2.05) is 132 Å². The van der Waals surface area contributed by atoms with Crippen LogP contribution >= 0.6 is 0 Å². The second-order valence-electron chi connectivity index (χ2n) is 25.7. The van der Waals surface area contributed by atoms with Crippen molar-refractivity contribution in [3.63, 3.8) is 0 Å². The number of likely N-dealkylation sites (tertiary alicyclic amines) is 4. The van der Waals surface area contributed by atoms with Crippen LogP contribution in [0.5, 0.6) is 17.2 Å². The maximum atomic E-state index is 12.1. The van der Waals surface area contributed by atoms with Gasteiger partial charge in [0.1, 0.15) is 11.4 Å². The third kappa shape index (κ3) is 17.9. The van der Waals surface area contributed by atoms with E-state index in [0.29, 0.717) is 65.4 Å². The minimum atomic E-state index is -0.446. The third-order valence-electron chi connectivity index (χ3n) is 17.6. The molecule has 0 atom stereocenters. The Balaban J connectivity index is 0.000000184. The summed E-state index contributed by atoms with van der Waals surface area (Å²) in [6.45, 7) is 26.0. The molecule has 4 aromatic rings. The Hall–Kier alpha value is -6.80. The number of hydrogen-bond donors (Lipinski definition) is 7. The maximum absolute atomic E-state index is 12.1. The minimum absolute atomic E-state index is 0.0105. The zero-order chi connectivity index (χ0) is 62.7. The van der Waals surface area contributed by atoms with E-state index in [2.05, 4.69) is 64.5 Å². The molecule has 4 aromatic carbocycles. The number of fused-ring (bicyclic) bond motifs is 1. The summed E-state index contributed by atoms with van der Waals surface area (Å²) in [5.74, 6) is 2.46. The van der Waals surface area contributed by atoms with Gasteiger partial charge in [-0.2, -0.15) is 0 Å². The second-order valence-corrected chi connectivity index (χ2v) is 25.7. The third-order valence-corrected chi connectivity index (χ3v) is 17.6. The van der Waals surface area contributed by atoms with Gasteiger partial charge in [0.2, 0.25) is 6.79 Å². The Morgan fingerprint density at radius 1 is 0.477 bits per heavy atom. The quantitative estimate of drug-likeness (QED) is 0.0702. The standard InChI is InChI=1S/C17H25N3O3.C17H27N3O2.C17H26N2O2.C16H25N3O/c1-12(2)19-16(21)20-7-5-17(10-18,6-8-20)13-3-4-14-15(9-13)23-11-22-14;1-13(2)19-16(21)20-10-8-17(12-18,9-11-20)14-6-4-5-7-15(14)22-3;1-16(2,3)21-15(20)19-11-9-17(13-18,10-12-19)14-7-5-4-6-8-14;1-13(2)18-15(20)19-10-8-16(12-17,9-11-19)14-6-4-3-5-7-14/h3-4,9,12H,5-8,10-11,18H2,1-2H3,(H,19,21);4-7,13H,8-12,18H2,1-3H3,(H,19,21);4-8H,9-13,18H2,1-3H3;3-7,13H,8-12,17H2,1-2H3,(H,18,20). The molecule has 4 saturated heterocycles. The van der Waals surface area contributed by atoms with E-state index in [1.54, 1.807) is 12.0 Å². The van der Waals surface area contributed by atoms with Crippen molar-refractivity contribution in [3.05, 3.63) is 125 Å². The Morgan fingerprint density at radius 3 is 1.20 bits per heavy atom. The average molecular weight is 1190 g/mol. The molecule has 0 aromatic heterocycles. The van der Waals surface area contributed by atoms with Gasteiger partial charge in [-0.1, -0.05) is 84.9 Å². The highest BCUT2D eigenvalue weighted by Gasteiger charge is 2.41.